The number of hydrogen-bond donors (Lipinski definition) is 0. The number of hydrogen-bond acceptors (Lipinski definition) is 3. The van der Waals surface area contributed by atoms with Crippen molar-refractivity contribution in [2.24, 2.45) is 5.92 Å². The van der Waals surface area contributed by atoms with Crippen molar-refractivity contribution in [1.29, 1.82) is 0 Å². The molecule has 3 rings (SSSR count). The van der Waals surface area contributed by atoms with E-state index in [0.29, 0.717) is 25.4 Å². The van der Waals surface area contributed by atoms with Crippen LogP contribution in [0.5, 0.6) is 0 Å². The highest BCUT2D eigenvalue weighted by molar-refractivity contribution is 5.85. The lowest BCUT2D eigenvalue weighted by atomic mass is 9.79. The number of ketones is 1. The summed E-state index contributed by atoms with van der Waals surface area (Å²) >= 11 is 0. The normalized spacial score (nSPS) is 30.6. The van der Waals surface area contributed by atoms with Crippen LogP contribution in [0, 0.1) is 5.92 Å². The third-order valence-corrected chi connectivity index (χ3v) is 3.10. The third kappa shape index (κ3) is 1.49. The van der Waals surface area contributed by atoms with Crippen molar-refractivity contribution in [2.75, 3.05) is 13.2 Å². The summed E-state index contributed by atoms with van der Waals surface area (Å²) < 4.78 is 4.94. The van der Waals surface area contributed by atoms with Crippen molar-refractivity contribution in [2.45, 2.75) is 32.2 Å². The van der Waals surface area contributed by atoms with E-state index >= 15 is 0 Å². The second-order valence-electron chi connectivity index (χ2n) is 3.95. The Hall–Kier alpha value is -1.06. The fourth-order valence-electron chi connectivity index (χ4n) is 2.33. The summed E-state index contributed by atoms with van der Waals surface area (Å²) in [6.45, 7) is 2.77. The summed E-state index contributed by atoms with van der Waals surface area (Å²) in [6.07, 6.45) is 2.17. The van der Waals surface area contributed by atoms with Gasteiger partial charge in [0.25, 0.3) is 0 Å². The first-order chi connectivity index (χ1) is 6.72. The number of amides is 1. The molecule has 0 spiro atoms. The Bertz CT molecular complexity index is 264. The highest BCUT2D eigenvalue weighted by atomic mass is 16.6. The summed E-state index contributed by atoms with van der Waals surface area (Å²) in [4.78, 5) is 24.6. The maximum Gasteiger partial charge on any atom is 0.410 e. The van der Waals surface area contributed by atoms with Gasteiger partial charge in [0.2, 0.25) is 0 Å². The van der Waals surface area contributed by atoms with Crippen LogP contribution >= 0.6 is 0 Å². The maximum atomic E-state index is 11.5. The van der Waals surface area contributed by atoms with E-state index in [1.54, 1.807) is 11.8 Å². The monoisotopic (exact) mass is 197 g/mol. The Balaban J connectivity index is 2.03. The van der Waals surface area contributed by atoms with Gasteiger partial charge in [-0.25, -0.2) is 4.79 Å². The fraction of sp³-hybridized carbons (Fsp3) is 0.800. The van der Waals surface area contributed by atoms with E-state index in [4.69, 9.17) is 4.74 Å². The predicted molar refractivity (Wildman–Crippen MR) is 49.9 cm³/mol. The van der Waals surface area contributed by atoms with Crippen molar-refractivity contribution < 1.29 is 14.3 Å². The van der Waals surface area contributed by atoms with Gasteiger partial charge in [0.15, 0.2) is 0 Å². The molecule has 0 aromatic heterocycles. The first kappa shape index (κ1) is 9.49. The summed E-state index contributed by atoms with van der Waals surface area (Å²) in [7, 11) is 0. The molecule has 3 aliphatic rings. The summed E-state index contributed by atoms with van der Waals surface area (Å²) in [5, 5.41) is 0. The highest BCUT2D eigenvalue weighted by Crippen LogP contribution is 2.32. The molecule has 0 aromatic rings. The fourth-order valence-corrected chi connectivity index (χ4v) is 2.33. The zero-order chi connectivity index (χ0) is 10.1. The van der Waals surface area contributed by atoms with Crippen LogP contribution in [0.2, 0.25) is 0 Å². The zero-order valence-electron chi connectivity index (χ0n) is 8.36. The quantitative estimate of drug-likeness (QED) is 0.634. The molecule has 2 saturated heterocycles. The van der Waals surface area contributed by atoms with Crippen molar-refractivity contribution in [1.82, 2.24) is 4.90 Å². The molecule has 2 heterocycles. The van der Waals surface area contributed by atoms with Gasteiger partial charge in [0.05, 0.1) is 6.61 Å². The molecule has 1 aliphatic carbocycles. The van der Waals surface area contributed by atoms with Gasteiger partial charge in [-0.1, -0.05) is 0 Å². The number of carbonyl (C=O) groups excluding carboxylic acids is 2. The molecule has 0 unspecified atom stereocenters. The summed E-state index contributed by atoms with van der Waals surface area (Å²) in [5.41, 5.74) is 0. The smallest absolute Gasteiger partial charge is 0.410 e. The molecule has 0 N–H and O–H groups in total. The summed E-state index contributed by atoms with van der Waals surface area (Å²) in [5.74, 6) is 0.395. The van der Waals surface area contributed by atoms with Gasteiger partial charge < -0.3 is 9.64 Å². The van der Waals surface area contributed by atoms with Gasteiger partial charge in [-0.2, -0.15) is 0 Å². The standard InChI is InChI=1S/C10H15NO3/c1-2-14-10(13)11-6-7-3-4-8(11)5-9(7)12/h7-8H,2-6H2,1H3/t7-,8-/m1/s1. The predicted octanol–water partition coefficient (Wildman–Crippen LogP) is 1.20. The molecule has 78 valence electrons. The number of carbonyl (C=O) groups is 2. The number of rotatable bonds is 1. The molecular formula is C10H15NO3. The molecule has 4 nitrogen and oxygen atoms in total. The van der Waals surface area contributed by atoms with Crippen LogP contribution in [0.1, 0.15) is 26.2 Å². The summed E-state index contributed by atoms with van der Waals surface area (Å²) in [6, 6.07) is 0.103. The van der Waals surface area contributed by atoms with Gasteiger partial charge in [0, 0.05) is 24.9 Å². The van der Waals surface area contributed by atoms with Crippen molar-refractivity contribution >= 4 is 11.9 Å². The molecule has 14 heavy (non-hydrogen) atoms. The molecular weight excluding hydrogens is 182 g/mol. The number of Topliss-reactive ketones (excluding diaryl/α,β-unsaturated/α-hetero) is 1. The number of ether oxygens (including phenoxy) is 1. The number of fused-ring (bicyclic) bond motifs is 3. The van der Waals surface area contributed by atoms with E-state index in [2.05, 4.69) is 0 Å². The van der Waals surface area contributed by atoms with Crippen LogP contribution in [-0.4, -0.2) is 36.0 Å². The van der Waals surface area contributed by atoms with Crippen LogP contribution in [0.25, 0.3) is 0 Å². The number of piperidine rings is 2. The third-order valence-electron chi connectivity index (χ3n) is 3.10. The highest BCUT2D eigenvalue weighted by Gasteiger charge is 2.41. The Morgan fingerprint density at radius 1 is 1.57 bits per heavy atom. The SMILES string of the molecule is CCOC(=O)N1C[C@H]2CC[C@@H]1CC2=O. The molecule has 2 aliphatic heterocycles. The van der Waals surface area contributed by atoms with Crippen LogP contribution in [-0.2, 0) is 9.53 Å². The maximum absolute atomic E-state index is 11.5. The Kier molecular flexibility index (Phi) is 2.44. The van der Waals surface area contributed by atoms with Crippen LogP contribution in [0.3, 0.4) is 0 Å². The Morgan fingerprint density at radius 2 is 2.36 bits per heavy atom. The van der Waals surface area contributed by atoms with Crippen molar-refractivity contribution in [3.8, 4) is 0 Å². The lowest BCUT2D eigenvalue weighted by Crippen LogP contribution is -2.54. The largest absolute Gasteiger partial charge is 0.450 e. The van der Waals surface area contributed by atoms with E-state index in [-0.39, 0.29) is 18.1 Å². The van der Waals surface area contributed by atoms with Gasteiger partial charge in [-0.3, -0.25) is 4.79 Å². The van der Waals surface area contributed by atoms with Crippen molar-refractivity contribution in [3.63, 3.8) is 0 Å². The first-order valence-electron chi connectivity index (χ1n) is 5.18. The molecule has 1 saturated carbocycles. The van der Waals surface area contributed by atoms with E-state index in [0.717, 1.165) is 12.8 Å². The molecule has 4 heteroatoms. The second-order valence-corrected chi connectivity index (χ2v) is 3.95. The minimum atomic E-state index is -0.255. The molecule has 2 atom stereocenters. The average Bonchev–Trinajstić information content (AvgIpc) is 2.18. The lowest BCUT2D eigenvalue weighted by Gasteiger charge is -2.43. The second kappa shape index (κ2) is 3.59. The van der Waals surface area contributed by atoms with Gasteiger partial charge in [-0.15, -0.1) is 0 Å². The van der Waals surface area contributed by atoms with E-state index in [1.807, 2.05) is 0 Å². The van der Waals surface area contributed by atoms with Gasteiger partial charge >= 0.3 is 6.09 Å². The van der Waals surface area contributed by atoms with Crippen LogP contribution < -0.4 is 0 Å². The van der Waals surface area contributed by atoms with Crippen molar-refractivity contribution in [3.05, 3.63) is 0 Å². The minimum Gasteiger partial charge on any atom is -0.450 e. The van der Waals surface area contributed by atoms with Gasteiger partial charge in [-0.05, 0) is 19.8 Å². The molecule has 1 amide bonds. The molecule has 2 bridgehead atoms. The molecule has 3 fully saturated rings. The molecule has 0 radical (unpaired) electrons. The Morgan fingerprint density at radius 3 is 2.86 bits per heavy atom. The minimum absolute atomic E-state index is 0.0735. The van der Waals surface area contributed by atoms with Crippen LogP contribution in [0.4, 0.5) is 4.79 Å². The van der Waals surface area contributed by atoms with Crippen LogP contribution in [0.15, 0.2) is 0 Å². The average molecular weight is 197 g/mol. The van der Waals surface area contributed by atoms with Gasteiger partial charge in [0.1, 0.15) is 5.78 Å². The Labute approximate surface area is 83.2 Å². The van der Waals surface area contributed by atoms with E-state index < -0.39 is 0 Å². The van der Waals surface area contributed by atoms with E-state index in [1.165, 1.54) is 0 Å². The zero-order valence-corrected chi connectivity index (χ0v) is 8.36. The number of nitrogens with zero attached hydrogens (tertiary/aromatic N) is 1. The lowest BCUT2D eigenvalue weighted by molar-refractivity contribution is -0.131. The topological polar surface area (TPSA) is 46.6 Å². The molecule has 0 aromatic carbocycles. The van der Waals surface area contributed by atoms with E-state index in [9.17, 15) is 9.59 Å². The first-order valence-corrected chi connectivity index (χ1v) is 5.18.